The lowest BCUT2D eigenvalue weighted by Gasteiger charge is -2.30. The Bertz CT molecular complexity index is 3480. The summed E-state index contributed by atoms with van der Waals surface area (Å²) in [7, 11) is 0. The molecule has 1 aromatic heterocycles. The van der Waals surface area contributed by atoms with Gasteiger partial charge in [0.15, 0.2) is 0 Å². The molecule has 0 saturated carbocycles. The van der Waals surface area contributed by atoms with Crippen molar-refractivity contribution in [1.82, 2.24) is 0 Å². The molecule has 0 amide bonds. The highest BCUT2D eigenvalue weighted by molar-refractivity contribution is 6.24. The van der Waals surface area contributed by atoms with Gasteiger partial charge in [0.2, 0.25) is 0 Å². The third kappa shape index (κ3) is 5.06. The van der Waals surface area contributed by atoms with Gasteiger partial charge in [-0.2, -0.15) is 0 Å². The van der Waals surface area contributed by atoms with Crippen LogP contribution in [-0.2, 0) is 5.41 Å². The quantitative estimate of drug-likeness (QED) is 0.163. The van der Waals surface area contributed by atoms with Crippen LogP contribution in [0.5, 0.6) is 0 Å². The molecule has 0 radical (unpaired) electrons. The standard InChI is InChI=1S/C57H39NO/c1-57(2)51-26-14-12-25-46(51)47-30-28-40(35-52(47)57)58(53-27-15-13-21-42(53)36-16-4-3-5-17-36)39-29-31-54-48(34-39)50-33-38-19-7-9-22-43(38)55(56(50)59-54)49-32-37-18-6-8-20-41(37)44-23-10-11-24-45(44)49/h3-35H,1-2H3. The number of nitrogens with zero attached hydrogens (tertiary/aromatic N) is 1. The molecule has 0 spiro atoms. The van der Waals surface area contributed by atoms with Gasteiger partial charge >= 0.3 is 0 Å². The van der Waals surface area contributed by atoms with Gasteiger partial charge in [-0.1, -0.05) is 166 Å². The summed E-state index contributed by atoms with van der Waals surface area (Å²) in [5.41, 5.74) is 14.9. The van der Waals surface area contributed by atoms with Crippen molar-refractivity contribution in [2.24, 2.45) is 0 Å². The van der Waals surface area contributed by atoms with E-state index in [9.17, 15) is 0 Å². The summed E-state index contributed by atoms with van der Waals surface area (Å²) >= 11 is 0. The number of hydrogen-bond donors (Lipinski definition) is 0. The van der Waals surface area contributed by atoms with Crippen LogP contribution in [0.3, 0.4) is 0 Å². The monoisotopic (exact) mass is 753 g/mol. The zero-order valence-electron chi connectivity index (χ0n) is 32.9. The van der Waals surface area contributed by atoms with E-state index in [0.29, 0.717) is 0 Å². The Labute approximate surface area is 343 Å². The van der Waals surface area contributed by atoms with Crippen molar-refractivity contribution >= 4 is 71.3 Å². The number of fused-ring (bicyclic) bond motifs is 10. The first-order chi connectivity index (χ1) is 29.0. The molecule has 0 aliphatic heterocycles. The molecule has 0 atom stereocenters. The van der Waals surface area contributed by atoms with Crippen molar-refractivity contribution in [3.63, 3.8) is 0 Å². The van der Waals surface area contributed by atoms with E-state index in [1.165, 1.54) is 71.3 Å². The Morgan fingerprint density at radius 2 is 1.00 bits per heavy atom. The lowest BCUT2D eigenvalue weighted by Crippen LogP contribution is -2.16. The molecule has 12 rings (SSSR count). The Balaban J connectivity index is 1.13. The summed E-state index contributed by atoms with van der Waals surface area (Å²) in [4.78, 5) is 2.44. The second-order valence-electron chi connectivity index (χ2n) is 16.4. The molecule has 11 aromatic rings. The molecular weight excluding hydrogens is 715 g/mol. The van der Waals surface area contributed by atoms with Gasteiger partial charge in [-0.05, 0) is 114 Å². The number of rotatable bonds is 5. The Hall–Kier alpha value is -7.42. The van der Waals surface area contributed by atoms with Crippen LogP contribution < -0.4 is 4.90 Å². The van der Waals surface area contributed by atoms with E-state index >= 15 is 0 Å². The summed E-state index contributed by atoms with van der Waals surface area (Å²) in [6.45, 7) is 4.71. The largest absolute Gasteiger partial charge is 0.455 e. The van der Waals surface area contributed by atoms with Crippen LogP contribution in [0.4, 0.5) is 17.1 Å². The van der Waals surface area contributed by atoms with Crippen LogP contribution in [0.25, 0.3) is 87.6 Å². The molecule has 1 heterocycles. The minimum absolute atomic E-state index is 0.137. The maximum atomic E-state index is 7.05. The molecule has 0 fully saturated rings. The first kappa shape index (κ1) is 33.7. The van der Waals surface area contributed by atoms with Crippen LogP contribution in [0.15, 0.2) is 205 Å². The van der Waals surface area contributed by atoms with Crippen LogP contribution in [-0.4, -0.2) is 0 Å². The second-order valence-corrected chi connectivity index (χ2v) is 16.4. The minimum Gasteiger partial charge on any atom is -0.455 e. The van der Waals surface area contributed by atoms with Gasteiger partial charge in [0.05, 0.1) is 5.69 Å². The van der Waals surface area contributed by atoms with Crippen molar-refractivity contribution in [2.45, 2.75) is 19.3 Å². The number of hydrogen-bond acceptors (Lipinski definition) is 2. The summed E-state index contributed by atoms with van der Waals surface area (Å²) in [6.07, 6.45) is 0. The van der Waals surface area contributed by atoms with Gasteiger partial charge in [-0.25, -0.2) is 0 Å². The molecule has 2 nitrogen and oxygen atoms in total. The Morgan fingerprint density at radius 3 is 1.83 bits per heavy atom. The molecule has 278 valence electrons. The summed E-state index contributed by atoms with van der Waals surface area (Å²) in [6, 6.07) is 73.1. The van der Waals surface area contributed by atoms with E-state index in [-0.39, 0.29) is 5.41 Å². The molecule has 0 saturated heterocycles. The van der Waals surface area contributed by atoms with E-state index in [2.05, 4.69) is 219 Å². The topological polar surface area (TPSA) is 16.4 Å². The molecular formula is C57H39NO. The normalized spacial score (nSPS) is 13.1. The fourth-order valence-corrected chi connectivity index (χ4v) is 10.0. The minimum atomic E-state index is -0.137. The molecule has 2 heteroatoms. The lowest BCUT2D eigenvalue weighted by atomic mass is 9.82. The number of furan rings is 1. The van der Waals surface area contributed by atoms with Crippen molar-refractivity contribution in [3.05, 3.63) is 211 Å². The van der Waals surface area contributed by atoms with Gasteiger partial charge in [-0.15, -0.1) is 0 Å². The van der Waals surface area contributed by atoms with Crippen molar-refractivity contribution < 1.29 is 4.42 Å². The van der Waals surface area contributed by atoms with Crippen LogP contribution >= 0.6 is 0 Å². The molecule has 10 aromatic carbocycles. The van der Waals surface area contributed by atoms with E-state index in [1.807, 2.05) is 0 Å². The SMILES string of the molecule is CC1(C)c2ccccc2-c2ccc(N(c3ccc4oc5c(-c6cc7ccccc7c7ccccc67)c6ccccc6cc5c4c3)c3ccccc3-c3ccccc3)cc21. The van der Waals surface area contributed by atoms with Crippen molar-refractivity contribution in [3.8, 4) is 33.4 Å². The summed E-state index contributed by atoms with van der Waals surface area (Å²) < 4.78 is 7.05. The molecule has 59 heavy (non-hydrogen) atoms. The van der Waals surface area contributed by atoms with Crippen LogP contribution in [0, 0.1) is 0 Å². The number of benzene rings is 10. The zero-order valence-corrected chi connectivity index (χ0v) is 32.9. The average molecular weight is 754 g/mol. The van der Waals surface area contributed by atoms with Gasteiger partial charge in [0, 0.05) is 38.7 Å². The smallest absolute Gasteiger partial charge is 0.143 e. The van der Waals surface area contributed by atoms with E-state index < -0.39 is 0 Å². The molecule has 1 aliphatic rings. The highest BCUT2D eigenvalue weighted by Crippen LogP contribution is 2.52. The molecule has 0 unspecified atom stereocenters. The first-order valence-corrected chi connectivity index (χ1v) is 20.5. The van der Waals surface area contributed by atoms with E-state index in [0.717, 1.165) is 44.6 Å². The van der Waals surface area contributed by atoms with Gasteiger partial charge in [-0.3, -0.25) is 0 Å². The number of anilines is 3. The van der Waals surface area contributed by atoms with Gasteiger partial charge in [0.25, 0.3) is 0 Å². The zero-order chi connectivity index (χ0) is 39.2. The third-order valence-electron chi connectivity index (χ3n) is 12.8. The van der Waals surface area contributed by atoms with E-state index in [4.69, 9.17) is 4.42 Å². The fourth-order valence-electron chi connectivity index (χ4n) is 10.0. The average Bonchev–Trinajstić information content (AvgIpc) is 3.76. The molecule has 1 aliphatic carbocycles. The maximum Gasteiger partial charge on any atom is 0.143 e. The van der Waals surface area contributed by atoms with E-state index in [1.54, 1.807) is 0 Å². The predicted molar refractivity (Wildman–Crippen MR) is 249 cm³/mol. The van der Waals surface area contributed by atoms with Crippen molar-refractivity contribution in [1.29, 1.82) is 0 Å². The second kappa shape index (κ2) is 12.8. The summed E-state index contributed by atoms with van der Waals surface area (Å²) in [5.74, 6) is 0. The predicted octanol–water partition coefficient (Wildman–Crippen LogP) is 16.2. The Kier molecular flexibility index (Phi) is 7.31. The molecule has 0 N–H and O–H groups in total. The van der Waals surface area contributed by atoms with Crippen molar-refractivity contribution in [2.75, 3.05) is 4.90 Å². The highest BCUT2D eigenvalue weighted by atomic mass is 16.3. The molecule has 0 bridgehead atoms. The maximum absolute atomic E-state index is 7.05. The Morgan fingerprint density at radius 1 is 0.390 bits per heavy atom. The lowest BCUT2D eigenvalue weighted by molar-refractivity contribution is 0.660. The van der Waals surface area contributed by atoms with Gasteiger partial charge in [0.1, 0.15) is 11.2 Å². The fraction of sp³-hybridized carbons (Fsp3) is 0.0526. The van der Waals surface area contributed by atoms with Crippen LogP contribution in [0.1, 0.15) is 25.0 Å². The summed E-state index contributed by atoms with van der Waals surface area (Å²) in [5, 5.41) is 9.50. The first-order valence-electron chi connectivity index (χ1n) is 20.5. The number of para-hydroxylation sites is 1. The van der Waals surface area contributed by atoms with Crippen LogP contribution in [0.2, 0.25) is 0 Å². The van der Waals surface area contributed by atoms with Gasteiger partial charge < -0.3 is 9.32 Å². The third-order valence-corrected chi connectivity index (χ3v) is 12.8. The highest BCUT2D eigenvalue weighted by Gasteiger charge is 2.36.